The van der Waals surface area contributed by atoms with Crippen molar-refractivity contribution < 1.29 is 0 Å². The lowest BCUT2D eigenvalue weighted by Gasteiger charge is -1.80. The molecule has 11 heavy (non-hydrogen) atoms. The van der Waals surface area contributed by atoms with E-state index in [1.54, 1.807) is 4.52 Å². The van der Waals surface area contributed by atoms with Crippen LogP contribution in [0.1, 0.15) is 10.7 Å². The Balaban J connectivity index is 2.64. The second-order valence-electron chi connectivity index (χ2n) is 2.31. The van der Waals surface area contributed by atoms with Gasteiger partial charge in [0.2, 0.25) is 4.96 Å². The van der Waals surface area contributed by atoms with Crippen LogP contribution in [0.15, 0.2) is 6.20 Å². The molecule has 2 heterocycles. The van der Waals surface area contributed by atoms with Crippen molar-refractivity contribution in [3.63, 3.8) is 0 Å². The average molecular weight is 168 g/mol. The summed E-state index contributed by atoms with van der Waals surface area (Å²) in [6, 6.07) is 0. The van der Waals surface area contributed by atoms with Gasteiger partial charge < -0.3 is 5.73 Å². The van der Waals surface area contributed by atoms with Crippen LogP contribution in [0.25, 0.3) is 4.96 Å². The van der Waals surface area contributed by atoms with E-state index < -0.39 is 0 Å². The van der Waals surface area contributed by atoms with Crippen LogP contribution in [-0.2, 0) is 6.54 Å². The number of aromatic nitrogens is 3. The van der Waals surface area contributed by atoms with Crippen LogP contribution in [0.2, 0.25) is 0 Å². The first-order valence-electron chi connectivity index (χ1n) is 3.31. The molecule has 2 aromatic heterocycles. The molecule has 5 heteroatoms. The summed E-state index contributed by atoms with van der Waals surface area (Å²) in [5.74, 6) is 0. The van der Waals surface area contributed by atoms with Crippen LogP contribution in [0.5, 0.6) is 0 Å². The molecule has 0 bridgehead atoms. The number of fused-ring (bicyclic) bond motifs is 1. The third-order valence-electron chi connectivity index (χ3n) is 1.38. The van der Waals surface area contributed by atoms with Crippen molar-refractivity contribution in [1.29, 1.82) is 0 Å². The molecule has 0 saturated carbocycles. The first kappa shape index (κ1) is 6.75. The van der Waals surface area contributed by atoms with Gasteiger partial charge in [0.05, 0.1) is 11.9 Å². The molecule has 2 N–H and O–H groups in total. The van der Waals surface area contributed by atoms with Gasteiger partial charge in [-0.25, -0.2) is 9.50 Å². The maximum atomic E-state index is 5.42. The summed E-state index contributed by atoms with van der Waals surface area (Å²) in [5, 5.41) is 5.12. The fourth-order valence-corrected chi connectivity index (χ4v) is 1.73. The Labute approximate surface area is 67.7 Å². The van der Waals surface area contributed by atoms with E-state index in [2.05, 4.69) is 10.1 Å². The van der Waals surface area contributed by atoms with Gasteiger partial charge in [-0.1, -0.05) is 11.3 Å². The molecule has 0 unspecified atom stereocenters. The van der Waals surface area contributed by atoms with Crippen LogP contribution in [0.3, 0.4) is 0 Å². The highest BCUT2D eigenvalue weighted by molar-refractivity contribution is 7.16. The third-order valence-corrected chi connectivity index (χ3v) is 2.32. The van der Waals surface area contributed by atoms with E-state index in [4.69, 9.17) is 5.73 Å². The number of nitrogens with zero attached hydrogens (tertiary/aromatic N) is 3. The van der Waals surface area contributed by atoms with Gasteiger partial charge in [0.1, 0.15) is 5.01 Å². The number of aryl methyl sites for hydroxylation is 1. The molecule has 0 radical (unpaired) electrons. The zero-order valence-electron chi connectivity index (χ0n) is 6.11. The zero-order chi connectivity index (χ0) is 7.84. The second-order valence-corrected chi connectivity index (χ2v) is 3.35. The van der Waals surface area contributed by atoms with Crippen LogP contribution in [0.4, 0.5) is 0 Å². The molecule has 0 saturated heterocycles. The largest absolute Gasteiger partial charge is 0.324 e. The molecule has 0 aliphatic rings. The first-order chi connectivity index (χ1) is 5.29. The summed E-state index contributed by atoms with van der Waals surface area (Å²) in [4.78, 5) is 5.16. The van der Waals surface area contributed by atoms with Crippen molar-refractivity contribution in [2.24, 2.45) is 5.73 Å². The van der Waals surface area contributed by atoms with E-state index in [1.807, 2.05) is 13.1 Å². The van der Waals surface area contributed by atoms with E-state index in [9.17, 15) is 0 Å². The molecule has 0 spiro atoms. The van der Waals surface area contributed by atoms with Crippen LogP contribution >= 0.6 is 11.3 Å². The van der Waals surface area contributed by atoms with Crippen molar-refractivity contribution in [2.75, 3.05) is 0 Å². The predicted octanol–water partition coefficient (Wildman–Crippen LogP) is 0.558. The Bertz CT molecular complexity index is 343. The standard InChI is InChI=1S/C6H8N4S/c1-4-3-10-6(8-4)11-5(2-7)9-10/h3H,2,7H2,1H3. The van der Waals surface area contributed by atoms with Crippen LogP contribution in [-0.4, -0.2) is 14.6 Å². The topological polar surface area (TPSA) is 56.2 Å². The molecule has 2 rings (SSSR count). The second kappa shape index (κ2) is 2.28. The number of rotatable bonds is 1. The molecule has 2 aromatic rings. The quantitative estimate of drug-likeness (QED) is 0.676. The monoisotopic (exact) mass is 168 g/mol. The highest BCUT2D eigenvalue weighted by Crippen LogP contribution is 2.12. The number of nitrogens with two attached hydrogens (primary N) is 1. The predicted molar refractivity (Wildman–Crippen MR) is 43.5 cm³/mol. The van der Waals surface area contributed by atoms with Gasteiger partial charge in [0.15, 0.2) is 0 Å². The van der Waals surface area contributed by atoms with Gasteiger partial charge in [0.25, 0.3) is 0 Å². The van der Waals surface area contributed by atoms with E-state index >= 15 is 0 Å². The minimum atomic E-state index is 0.493. The SMILES string of the molecule is Cc1cn2nc(CN)sc2n1. The normalized spacial score (nSPS) is 11.1. The minimum Gasteiger partial charge on any atom is -0.324 e. The highest BCUT2D eigenvalue weighted by atomic mass is 32.1. The van der Waals surface area contributed by atoms with Gasteiger partial charge in [-0.05, 0) is 6.92 Å². The Morgan fingerprint density at radius 2 is 2.55 bits per heavy atom. The molecule has 0 aromatic carbocycles. The van der Waals surface area contributed by atoms with Crippen molar-refractivity contribution >= 4 is 16.3 Å². The van der Waals surface area contributed by atoms with Gasteiger partial charge in [-0.3, -0.25) is 0 Å². The van der Waals surface area contributed by atoms with Crippen molar-refractivity contribution in [1.82, 2.24) is 14.6 Å². The summed E-state index contributed by atoms with van der Waals surface area (Å²) in [5.41, 5.74) is 6.41. The zero-order valence-corrected chi connectivity index (χ0v) is 6.93. The summed E-state index contributed by atoms with van der Waals surface area (Å²) >= 11 is 1.53. The molecule has 0 aliphatic carbocycles. The van der Waals surface area contributed by atoms with Gasteiger partial charge >= 0.3 is 0 Å². The molecule has 0 fully saturated rings. The van der Waals surface area contributed by atoms with Crippen molar-refractivity contribution in [3.05, 3.63) is 16.9 Å². The maximum absolute atomic E-state index is 5.42. The van der Waals surface area contributed by atoms with Crippen molar-refractivity contribution in [3.8, 4) is 0 Å². The minimum absolute atomic E-state index is 0.493. The summed E-state index contributed by atoms with van der Waals surface area (Å²) < 4.78 is 1.77. The van der Waals surface area contributed by atoms with Gasteiger partial charge in [-0.2, -0.15) is 5.10 Å². The van der Waals surface area contributed by atoms with E-state index in [0.29, 0.717) is 6.54 Å². The fourth-order valence-electron chi connectivity index (χ4n) is 0.933. The Morgan fingerprint density at radius 3 is 3.18 bits per heavy atom. The Kier molecular flexibility index (Phi) is 1.40. The Hall–Kier alpha value is -0.940. The van der Waals surface area contributed by atoms with Crippen LogP contribution in [0, 0.1) is 6.92 Å². The summed E-state index contributed by atoms with van der Waals surface area (Å²) in [6.07, 6.45) is 1.89. The van der Waals surface area contributed by atoms with Gasteiger partial charge in [-0.15, -0.1) is 0 Å². The molecule has 0 atom stereocenters. The van der Waals surface area contributed by atoms with Crippen molar-refractivity contribution in [2.45, 2.75) is 13.5 Å². The summed E-state index contributed by atoms with van der Waals surface area (Å²) in [6.45, 7) is 2.44. The highest BCUT2D eigenvalue weighted by Gasteiger charge is 2.03. The lowest BCUT2D eigenvalue weighted by molar-refractivity contribution is 0.895. The molecule has 4 nitrogen and oxygen atoms in total. The molecular formula is C6H8N4S. The third kappa shape index (κ3) is 1.02. The summed E-state index contributed by atoms with van der Waals surface area (Å²) in [7, 11) is 0. The Morgan fingerprint density at radius 1 is 1.73 bits per heavy atom. The fraction of sp³-hybridized carbons (Fsp3) is 0.333. The van der Waals surface area contributed by atoms with Gasteiger partial charge in [0, 0.05) is 6.54 Å². The first-order valence-corrected chi connectivity index (χ1v) is 4.13. The van der Waals surface area contributed by atoms with Crippen LogP contribution < -0.4 is 5.73 Å². The number of imidazole rings is 1. The molecule has 0 aliphatic heterocycles. The maximum Gasteiger partial charge on any atom is 0.212 e. The molecule has 58 valence electrons. The smallest absolute Gasteiger partial charge is 0.212 e. The number of hydrogen-bond acceptors (Lipinski definition) is 4. The number of hydrogen-bond donors (Lipinski definition) is 1. The lowest BCUT2D eigenvalue weighted by atomic mass is 10.6. The average Bonchev–Trinajstić information content (AvgIpc) is 2.43. The van der Waals surface area contributed by atoms with E-state index in [0.717, 1.165) is 15.7 Å². The lowest BCUT2D eigenvalue weighted by Crippen LogP contribution is -1.95. The van der Waals surface area contributed by atoms with E-state index in [1.165, 1.54) is 11.3 Å². The molecular weight excluding hydrogens is 160 g/mol. The van der Waals surface area contributed by atoms with E-state index in [-0.39, 0.29) is 0 Å². The molecule has 0 amide bonds.